The van der Waals surface area contributed by atoms with Crippen molar-refractivity contribution >= 4 is 22.8 Å². The number of nitrogens with one attached hydrogen (secondary N) is 1. The first-order valence-corrected chi connectivity index (χ1v) is 5.40. The fourth-order valence-electron chi connectivity index (χ4n) is 1.24. The van der Waals surface area contributed by atoms with E-state index in [1.165, 1.54) is 23.9 Å². The van der Waals surface area contributed by atoms with Crippen molar-refractivity contribution in [1.82, 2.24) is 9.97 Å². The summed E-state index contributed by atoms with van der Waals surface area (Å²) in [5.74, 6) is 0.133. The van der Waals surface area contributed by atoms with Crippen molar-refractivity contribution in [2.45, 2.75) is 11.8 Å². The summed E-state index contributed by atoms with van der Waals surface area (Å²) in [5.41, 5.74) is 1.43. The third kappa shape index (κ3) is 2.20. The minimum Gasteiger partial charge on any atom is -0.435 e. The van der Waals surface area contributed by atoms with Crippen molar-refractivity contribution in [2.24, 2.45) is 0 Å². The van der Waals surface area contributed by atoms with E-state index in [9.17, 15) is 8.78 Å². The van der Waals surface area contributed by atoms with E-state index >= 15 is 0 Å². The number of hydrogen-bond donors (Lipinski definition) is 1. The van der Waals surface area contributed by atoms with Gasteiger partial charge in [-0.25, -0.2) is 4.98 Å². The third-order valence-corrected chi connectivity index (χ3v) is 2.43. The molecular formula is C9H8F2N2OS. The number of halogens is 2. The number of H-pyrrole nitrogens is 1. The van der Waals surface area contributed by atoms with E-state index in [1.54, 1.807) is 6.07 Å². The van der Waals surface area contributed by atoms with E-state index < -0.39 is 6.61 Å². The summed E-state index contributed by atoms with van der Waals surface area (Å²) in [6, 6.07) is 4.62. The van der Waals surface area contributed by atoms with Crippen molar-refractivity contribution in [3.63, 3.8) is 0 Å². The number of fused-ring (bicyclic) bond motifs is 1. The molecule has 1 heterocycles. The quantitative estimate of drug-likeness (QED) is 0.824. The molecule has 1 aromatic heterocycles. The van der Waals surface area contributed by atoms with Crippen LogP contribution in [0.5, 0.6) is 5.75 Å². The van der Waals surface area contributed by atoms with Crippen molar-refractivity contribution in [3.8, 4) is 5.75 Å². The van der Waals surface area contributed by atoms with Gasteiger partial charge in [0.05, 0.1) is 11.0 Å². The molecule has 0 bridgehead atoms. The highest BCUT2D eigenvalue weighted by atomic mass is 32.2. The molecule has 0 saturated carbocycles. The van der Waals surface area contributed by atoms with Crippen molar-refractivity contribution in [2.75, 3.05) is 6.26 Å². The molecule has 1 N–H and O–H groups in total. The summed E-state index contributed by atoms with van der Waals surface area (Å²) in [7, 11) is 0. The molecule has 2 rings (SSSR count). The van der Waals surface area contributed by atoms with Gasteiger partial charge in [0, 0.05) is 6.07 Å². The summed E-state index contributed by atoms with van der Waals surface area (Å²) in [6.45, 7) is -2.80. The molecule has 0 radical (unpaired) electrons. The van der Waals surface area contributed by atoms with Crippen LogP contribution in [0.3, 0.4) is 0 Å². The van der Waals surface area contributed by atoms with Crippen LogP contribution in [0.1, 0.15) is 0 Å². The molecule has 0 aliphatic rings. The average Bonchev–Trinajstić information content (AvgIpc) is 2.58. The predicted octanol–water partition coefficient (Wildman–Crippen LogP) is 2.89. The molecule has 0 atom stereocenters. The second-order valence-corrected chi connectivity index (χ2v) is 3.60. The van der Waals surface area contributed by atoms with Gasteiger partial charge in [-0.05, 0) is 18.4 Å². The number of alkyl halides is 2. The van der Waals surface area contributed by atoms with Gasteiger partial charge in [0.2, 0.25) is 0 Å². The highest BCUT2D eigenvalue weighted by molar-refractivity contribution is 7.98. The third-order valence-electron chi connectivity index (χ3n) is 1.85. The van der Waals surface area contributed by atoms with Gasteiger partial charge in [-0.15, -0.1) is 0 Å². The van der Waals surface area contributed by atoms with Gasteiger partial charge < -0.3 is 9.72 Å². The molecule has 0 fully saturated rings. The first kappa shape index (κ1) is 10.2. The topological polar surface area (TPSA) is 37.9 Å². The molecule has 2 aromatic rings. The molecule has 0 aliphatic carbocycles. The summed E-state index contributed by atoms with van der Waals surface area (Å²) < 4.78 is 28.2. The van der Waals surface area contributed by atoms with Gasteiger partial charge in [-0.3, -0.25) is 0 Å². The maximum Gasteiger partial charge on any atom is 0.387 e. The Morgan fingerprint density at radius 1 is 1.47 bits per heavy atom. The molecule has 3 nitrogen and oxygen atoms in total. The first-order valence-electron chi connectivity index (χ1n) is 4.17. The first-order chi connectivity index (χ1) is 7.19. The highest BCUT2D eigenvalue weighted by Crippen LogP contribution is 2.22. The normalized spacial score (nSPS) is 11.2. The average molecular weight is 230 g/mol. The van der Waals surface area contributed by atoms with E-state index in [-0.39, 0.29) is 5.75 Å². The number of imidazole rings is 1. The van der Waals surface area contributed by atoms with Crippen LogP contribution >= 0.6 is 11.8 Å². The Labute approximate surface area is 88.8 Å². The number of ether oxygens (including phenoxy) is 1. The summed E-state index contributed by atoms with van der Waals surface area (Å²) >= 11 is 1.46. The zero-order valence-corrected chi connectivity index (χ0v) is 8.65. The Kier molecular flexibility index (Phi) is 2.77. The summed E-state index contributed by atoms with van der Waals surface area (Å²) in [6.07, 6.45) is 1.88. The molecule has 0 aliphatic heterocycles. The van der Waals surface area contributed by atoms with Gasteiger partial charge in [0.1, 0.15) is 5.75 Å². The van der Waals surface area contributed by atoms with Crippen LogP contribution in [0.2, 0.25) is 0 Å². The Bertz CT molecular complexity index is 472. The Morgan fingerprint density at radius 2 is 2.27 bits per heavy atom. The maximum absolute atomic E-state index is 11.9. The number of nitrogens with zero attached hydrogens (tertiary/aromatic N) is 1. The van der Waals surface area contributed by atoms with Gasteiger partial charge >= 0.3 is 6.61 Å². The van der Waals surface area contributed by atoms with Crippen LogP contribution in [0.4, 0.5) is 8.78 Å². The molecule has 15 heavy (non-hydrogen) atoms. The van der Waals surface area contributed by atoms with Crippen molar-refractivity contribution in [1.29, 1.82) is 0 Å². The molecule has 0 spiro atoms. The lowest BCUT2D eigenvalue weighted by molar-refractivity contribution is -0.0497. The standard InChI is InChI=1S/C9H8F2N2OS/c1-15-9-12-6-3-2-5(14-8(10)11)4-7(6)13-9/h2-4,8H,1H3,(H,12,13). The SMILES string of the molecule is CSc1nc2ccc(OC(F)F)cc2[nH]1. The molecule has 0 unspecified atom stereocenters. The fraction of sp³-hybridized carbons (Fsp3) is 0.222. The summed E-state index contributed by atoms with van der Waals surface area (Å²) in [5, 5.41) is 0.749. The van der Waals surface area contributed by atoms with Crippen LogP contribution in [0, 0.1) is 0 Å². The molecule has 1 aromatic carbocycles. The Balaban J connectivity index is 2.37. The van der Waals surface area contributed by atoms with E-state index in [2.05, 4.69) is 14.7 Å². The lowest BCUT2D eigenvalue weighted by Gasteiger charge is -2.02. The maximum atomic E-state index is 11.9. The predicted molar refractivity (Wildman–Crippen MR) is 54.5 cm³/mol. The van der Waals surface area contributed by atoms with Crippen LogP contribution in [-0.2, 0) is 0 Å². The number of rotatable bonds is 3. The molecular weight excluding hydrogens is 222 g/mol. The molecule has 80 valence electrons. The second-order valence-electron chi connectivity index (χ2n) is 2.80. The largest absolute Gasteiger partial charge is 0.435 e. The van der Waals surface area contributed by atoms with Crippen LogP contribution in [-0.4, -0.2) is 22.8 Å². The number of aromatic amines is 1. The second kappa shape index (κ2) is 4.06. The van der Waals surface area contributed by atoms with Crippen LogP contribution in [0.25, 0.3) is 11.0 Å². The lowest BCUT2D eigenvalue weighted by Crippen LogP contribution is -2.01. The monoisotopic (exact) mass is 230 g/mol. The van der Waals surface area contributed by atoms with Gasteiger partial charge in [0.25, 0.3) is 0 Å². The number of aromatic nitrogens is 2. The summed E-state index contributed by atoms with van der Waals surface area (Å²) in [4.78, 5) is 7.20. The lowest BCUT2D eigenvalue weighted by atomic mass is 10.3. The van der Waals surface area contributed by atoms with E-state index in [0.29, 0.717) is 5.52 Å². The highest BCUT2D eigenvalue weighted by Gasteiger charge is 2.07. The number of benzene rings is 1. The van der Waals surface area contributed by atoms with Gasteiger partial charge in [0.15, 0.2) is 5.16 Å². The Morgan fingerprint density at radius 3 is 2.93 bits per heavy atom. The van der Waals surface area contributed by atoms with E-state index in [0.717, 1.165) is 10.7 Å². The van der Waals surface area contributed by atoms with Crippen molar-refractivity contribution in [3.05, 3.63) is 18.2 Å². The van der Waals surface area contributed by atoms with Crippen LogP contribution in [0.15, 0.2) is 23.4 Å². The minimum absolute atomic E-state index is 0.133. The van der Waals surface area contributed by atoms with Gasteiger partial charge in [-0.1, -0.05) is 11.8 Å². The zero-order valence-electron chi connectivity index (χ0n) is 7.83. The Hall–Kier alpha value is -1.30. The number of hydrogen-bond acceptors (Lipinski definition) is 3. The van der Waals surface area contributed by atoms with Crippen molar-refractivity contribution < 1.29 is 13.5 Å². The van der Waals surface area contributed by atoms with Crippen LogP contribution < -0.4 is 4.74 Å². The molecule has 6 heteroatoms. The van der Waals surface area contributed by atoms with E-state index in [4.69, 9.17) is 0 Å². The smallest absolute Gasteiger partial charge is 0.387 e. The fourth-order valence-corrected chi connectivity index (χ4v) is 1.64. The van der Waals surface area contributed by atoms with E-state index in [1.807, 2.05) is 6.26 Å². The zero-order chi connectivity index (χ0) is 10.8. The number of thioether (sulfide) groups is 1. The molecule has 0 amide bonds. The molecule has 0 saturated heterocycles. The minimum atomic E-state index is -2.80. The van der Waals surface area contributed by atoms with Gasteiger partial charge in [-0.2, -0.15) is 8.78 Å².